The van der Waals surface area contributed by atoms with Gasteiger partial charge in [0.15, 0.2) is 0 Å². The highest BCUT2D eigenvalue weighted by Gasteiger charge is 2.53. The highest BCUT2D eigenvalue weighted by molar-refractivity contribution is 5.98. The Hall–Kier alpha value is -1.52. The molecule has 20 heavy (non-hydrogen) atoms. The maximum absolute atomic E-state index is 12.7. The molecule has 1 amide bonds. The molecule has 4 aliphatic carbocycles. The zero-order chi connectivity index (χ0) is 13.9. The van der Waals surface area contributed by atoms with Crippen molar-refractivity contribution in [1.29, 1.82) is 0 Å². The maximum atomic E-state index is 12.7. The number of nitrogens with two attached hydrogens (primary N) is 1. The van der Waals surface area contributed by atoms with Gasteiger partial charge in [-0.05, 0) is 56.3 Å². The Morgan fingerprint density at radius 2 is 1.85 bits per heavy atom. The van der Waals surface area contributed by atoms with E-state index >= 15 is 0 Å². The lowest BCUT2D eigenvalue weighted by Crippen LogP contribution is -2.60. The van der Waals surface area contributed by atoms with Crippen molar-refractivity contribution in [2.45, 2.75) is 44.1 Å². The summed E-state index contributed by atoms with van der Waals surface area (Å²) in [4.78, 5) is 14.7. The average Bonchev–Trinajstić information content (AvgIpc) is 2.81. The van der Waals surface area contributed by atoms with Gasteiger partial charge in [-0.2, -0.15) is 5.10 Å². The monoisotopic (exact) mass is 274 g/mol. The molecule has 0 spiro atoms. The summed E-state index contributed by atoms with van der Waals surface area (Å²) in [7, 11) is 1.96. The lowest BCUT2D eigenvalue weighted by molar-refractivity contribution is -0.0665. The molecule has 4 fully saturated rings. The minimum atomic E-state index is 0.0261. The molecule has 108 valence electrons. The van der Waals surface area contributed by atoms with E-state index in [0.29, 0.717) is 11.4 Å². The summed E-state index contributed by atoms with van der Waals surface area (Å²) in [6.45, 7) is 0. The second-order valence-electron chi connectivity index (χ2n) is 7.20. The number of aromatic nitrogens is 2. The van der Waals surface area contributed by atoms with Gasteiger partial charge in [-0.15, -0.1) is 0 Å². The fourth-order valence-corrected chi connectivity index (χ4v) is 5.34. The van der Waals surface area contributed by atoms with Crippen LogP contribution in [-0.2, 0) is 0 Å². The number of carbonyl (C=O) groups excluding carboxylic acids is 1. The molecule has 3 N–H and O–H groups in total. The number of rotatable bonds is 2. The zero-order valence-corrected chi connectivity index (χ0v) is 11.9. The van der Waals surface area contributed by atoms with Crippen LogP contribution in [0.25, 0.3) is 0 Å². The van der Waals surface area contributed by atoms with Gasteiger partial charge in [0.2, 0.25) is 0 Å². The van der Waals surface area contributed by atoms with Gasteiger partial charge in [0.1, 0.15) is 11.4 Å². The Bertz CT molecular complexity index is 515. The number of hydrogen-bond acceptors (Lipinski definition) is 3. The van der Waals surface area contributed by atoms with Gasteiger partial charge in [-0.1, -0.05) is 0 Å². The fraction of sp³-hybridized carbons (Fsp3) is 0.733. The predicted molar refractivity (Wildman–Crippen MR) is 76.0 cm³/mol. The molecule has 0 atom stereocenters. The molecule has 1 aromatic rings. The van der Waals surface area contributed by atoms with Crippen LogP contribution < -0.4 is 5.73 Å². The molecule has 4 aliphatic rings. The predicted octanol–water partition coefficient (Wildman–Crippen LogP) is 2.03. The third-order valence-electron chi connectivity index (χ3n) is 5.92. The highest BCUT2D eigenvalue weighted by atomic mass is 16.2. The molecular formula is C15H22N4O. The standard InChI is InChI=1S/C15H22N4O/c1-19(14(20)12-8-17-18-13(12)16)15-5-9-2-10(6-15)4-11(3-9)7-15/h8-11H,2-7H2,1H3,(H3,16,17,18). The zero-order valence-electron chi connectivity index (χ0n) is 11.9. The molecule has 1 heterocycles. The molecule has 0 radical (unpaired) electrons. The molecule has 4 saturated carbocycles. The fourth-order valence-electron chi connectivity index (χ4n) is 5.34. The second-order valence-corrected chi connectivity index (χ2v) is 7.20. The molecule has 0 aromatic carbocycles. The van der Waals surface area contributed by atoms with Crippen molar-refractivity contribution in [3.05, 3.63) is 11.8 Å². The Kier molecular flexibility index (Phi) is 2.44. The Morgan fingerprint density at radius 3 is 2.30 bits per heavy atom. The van der Waals surface area contributed by atoms with Crippen LogP contribution in [0.4, 0.5) is 5.82 Å². The van der Waals surface area contributed by atoms with Crippen molar-refractivity contribution >= 4 is 11.7 Å². The molecule has 5 heteroatoms. The molecule has 0 saturated heterocycles. The van der Waals surface area contributed by atoms with Crippen LogP contribution in [0.3, 0.4) is 0 Å². The van der Waals surface area contributed by atoms with E-state index in [-0.39, 0.29) is 11.4 Å². The van der Waals surface area contributed by atoms with Crippen molar-refractivity contribution in [1.82, 2.24) is 15.1 Å². The minimum absolute atomic E-state index is 0.0261. The smallest absolute Gasteiger partial charge is 0.259 e. The summed E-state index contributed by atoms with van der Waals surface area (Å²) in [5.74, 6) is 2.90. The Labute approximate surface area is 118 Å². The summed E-state index contributed by atoms with van der Waals surface area (Å²) in [5.41, 5.74) is 6.40. The number of carbonyl (C=O) groups is 1. The van der Waals surface area contributed by atoms with E-state index < -0.39 is 0 Å². The van der Waals surface area contributed by atoms with E-state index in [1.165, 1.54) is 38.5 Å². The normalized spacial score (nSPS) is 38.1. The first kappa shape index (κ1) is 12.2. The summed E-state index contributed by atoms with van der Waals surface area (Å²) in [5, 5.41) is 6.53. The van der Waals surface area contributed by atoms with Crippen LogP contribution in [0.2, 0.25) is 0 Å². The largest absolute Gasteiger partial charge is 0.383 e. The first-order chi connectivity index (χ1) is 9.57. The number of H-pyrrole nitrogens is 1. The molecule has 1 aromatic heterocycles. The van der Waals surface area contributed by atoms with E-state index in [0.717, 1.165) is 17.8 Å². The van der Waals surface area contributed by atoms with Crippen molar-refractivity contribution < 1.29 is 4.79 Å². The number of nitrogens with zero attached hydrogens (tertiary/aromatic N) is 2. The van der Waals surface area contributed by atoms with Crippen LogP contribution in [0, 0.1) is 17.8 Å². The van der Waals surface area contributed by atoms with Crippen molar-refractivity contribution in [2.75, 3.05) is 12.8 Å². The van der Waals surface area contributed by atoms with Crippen molar-refractivity contribution in [3.8, 4) is 0 Å². The minimum Gasteiger partial charge on any atom is -0.383 e. The second kappa shape index (κ2) is 3.99. The summed E-state index contributed by atoms with van der Waals surface area (Å²) >= 11 is 0. The van der Waals surface area contributed by atoms with Gasteiger partial charge in [0, 0.05) is 12.6 Å². The summed E-state index contributed by atoms with van der Waals surface area (Å²) < 4.78 is 0. The number of amides is 1. The van der Waals surface area contributed by atoms with E-state index in [4.69, 9.17) is 5.73 Å². The van der Waals surface area contributed by atoms with E-state index in [1.54, 1.807) is 6.20 Å². The quantitative estimate of drug-likeness (QED) is 0.866. The molecule has 0 aliphatic heterocycles. The lowest BCUT2D eigenvalue weighted by Gasteiger charge is -2.59. The summed E-state index contributed by atoms with van der Waals surface area (Å²) in [6.07, 6.45) is 9.24. The van der Waals surface area contributed by atoms with Crippen molar-refractivity contribution in [3.63, 3.8) is 0 Å². The van der Waals surface area contributed by atoms with E-state index in [2.05, 4.69) is 10.2 Å². The van der Waals surface area contributed by atoms with E-state index in [9.17, 15) is 4.79 Å². The molecular weight excluding hydrogens is 252 g/mol. The first-order valence-electron chi connectivity index (χ1n) is 7.64. The third kappa shape index (κ3) is 1.61. The van der Waals surface area contributed by atoms with E-state index in [1.807, 2.05) is 11.9 Å². The summed E-state index contributed by atoms with van der Waals surface area (Å²) in [6, 6.07) is 0. The van der Waals surface area contributed by atoms with Crippen LogP contribution in [0.15, 0.2) is 6.20 Å². The van der Waals surface area contributed by atoms with Crippen LogP contribution in [0.5, 0.6) is 0 Å². The molecule has 4 bridgehead atoms. The number of nitrogen functional groups attached to an aromatic ring is 1. The number of nitrogens with one attached hydrogen (secondary N) is 1. The Morgan fingerprint density at radius 1 is 1.30 bits per heavy atom. The lowest BCUT2D eigenvalue weighted by atomic mass is 9.52. The molecule has 5 nitrogen and oxygen atoms in total. The molecule has 0 unspecified atom stereocenters. The van der Waals surface area contributed by atoms with Crippen molar-refractivity contribution in [2.24, 2.45) is 17.8 Å². The maximum Gasteiger partial charge on any atom is 0.259 e. The first-order valence-corrected chi connectivity index (χ1v) is 7.64. The SMILES string of the molecule is CN(C(=O)c1cn[nH]c1N)C12CC3CC(CC(C3)C1)C2. The average molecular weight is 274 g/mol. The van der Waals surface area contributed by atoms with Gasteiger partial charge in [0.25, 0.3) is 5.91 Å². The molecule has 5 rings (SSSR count). The Balaban J connectivity index is 1.64. The number of anilines is 1. The third-order valence-corrected chi connectivity index (χ3v) is 5.92. The van der Waals surface area contributed by atoms with Crippen LogP contribution in [0.1, 0.15) is 48.9 Å². The number of hydrogen-bond donors (Lipinski definition) is 2. The van der Waals surface area contributed by atoms with Gasteiger partial charge in [-0.3, -0.25) is 9.89 Å². The van der Waals surface area contributed by atoms with Gasteiger partial charge in [-0.25, -0.2) is 0 Å². The number of aromatic amines is 1. The van der Waals surface area contributed by atoms with Gasteiger partial charge < -0.3 is 10.6 Å². The van der Waals surface area contributed by atoms with Gasteiger partial charge >= 0.3 is 0 Å². The van der Waals surface area contributed by atoms with Gasteiger partial charge in [0.05, 0.1) is 6.20 Å². The van der Waals surface area contributed by atoms with Crippen LogP contribution in [-0.4, -0.2) is 33.6 Å². The topological polar surface area (TPSA) is 75.0 Å². The highest BCUT2D eigenvalue weighted by Crippen LogP contribution is 2.57. The van der Waals surface area contributed by atoms with Crippen LogP contribution >= 0.6 is 0 Å².